The Morgan fingerprint density at radius 2 is 0.420 bits per heavy atom. The van der Waals surface area contributed by atoms with Gasteiger partial charge in [0.25, 0.3) is 0 Å². The fourth-order valence-electron chi connectivity index (χ4n) is 12.7. The smallest absolute Gasteiger partial charge is 0.238 e. The van der Waals surface area contributed by atoms with Gasteiger partial charge in [-0.2, -0.15) is 19.9 Å². The van der Waals surface area contributed by atoms with Gasteiger partial charge in [0, 0.05) is 43.8 Å². The zero-order valence-electron chi connectivity index (χ0n) is 47.4. The maximum Gasteiger partial charge on any atom is 0.238 e. The van der Waals surface area contributed by atoms with Gasteiger partial charge in [-0.15, -0.1) is 0 Å². The van der Waals surface area contributed by atoms with Crippen LogP contribution in [0.4, 0.5) is 0 Å². The molecule has 0 unspecified atom stereocenters. The number of aromatic nitrogens is 8. The van der Waals surface area contributed by atoms with Crippen molar-refractivity contribution >= 4 is 65.2 Å². The number of benzene rings is 13. The van der Waals surface area contributed by atoms with Gasteiger partial charge >= 0.3 is 0 Å². The summed E-state index contributed by atoms with van der Waals surface area (Å²) in [6.45, 7) is 0. The summed E-state index contributed by atoms with van der Waals surface area (Å²) in [7, 11) is 0. The molecular formula is C80H50N8. The summed E-state index contributed by atoms with van der Waals surface area (Å²) in [5.41, 5.74) is 16.8. The zero-order chi connectivity index (χ0) is 58.1. The summed E-state index contributed by atoms with van der Waals surface area (Å²) >= 11 is 0. The van der Waals surface area contributed by atoms with Crippen molar-refractivity contribution in [1.82, 2.24) is 39.0 Å². The van der Waals surface area contributed by atoms with E-state index in [9.17, 15) is 0 Å². The highest BCUT2D eigenvalue weighted by Gasteiger charge is 2.22. The molecule has 0 saturated carbocycles. The number of nitrogens with zero attached hydrogens (tertiary/aromatic N) is 8. The summed E-state index contributed by atoms with van der Waals surface area (Å²) in [6.07, 6.45) is 0. The van der Waals surface area contributed by atoms with Gasteiger partial charge < -0.3 is 0 Å². The Hall–Kier alpha value is -12.0. The molecule has 0 atom stereocenters. The summed E-state index contributed by atoms with van der Waals surface area (Å²) < 4.78 is 4.37. The van der Waals surface area contributed by atoms with Crippen LogP contribution in [0.1, 0.15) is 0 Å². The third-order valence-corrected chi connectivity index (χ3v) is 17.1. The molecular weight excluding hydrogens is 1070 g/mol. The van der Waals surface area contributed by atoms with E-state index < -0.39 is 0 Å². The van der Waals surface area contributed by atoms with Crippen LogP contribution in [0.2, 0.25) is 0 Å². The first-order chi connectivity index (χ1) is 43.6. The third-order valence-electron chi connectivity index (χ3n) is 17.1. The number of para-hydroxylation sites is 2. The van der Waals surface area contributed by atoms with Gasteiger partial charge in [-0.3, -0.25) is 9.13 Å². The van der Waals surface area contributed by atoms with E-state index in [0.717, 1.165) is 99.6 Å². The molecule has 0 saturated heterocycles. The van der Waals surface area contributed by atoms with Crippen molar-refractivity contribution in [2.75, 3.05) is 0 Å². The minimum absolute atomic E-state index is 0.563. The van der Waals surface area contributed by atoms with Crippen LogP contribution in [0.25, 0.3) is 167 Å². The number of hydrogen-bond donors (Lipinski definition) is 0. The van der Waals surface area contributed by atoms with Gasteiger partial charge in [-0.05, 0) is 90.3 Å². The standard InChI is InChI=1S/C80H50N8/c1-3-15-51(16-4-1)52-35-41-62(42-36-52)77-82-78(86-80(85-77)88-70-26-14-12-24-68(70)74-66-22-10-8-18-60(66)48-50-72(74)88)64-45-39-58(40-46-64)56-33-29-54(30-34-56)53-27-31-55(32-28-53)57-37-43-63(44-38-57)76-81-75(61-19-5-2-6-20-61)83-79(84-76)87-69-25-13-11-23-67(69)73-65-21-9-7-17-59(65)47-49-71(73)87/h1-50H. The minimum Gasteiger partial charge on any atom is -0.278 e. The van der Waals surface area contributed by atoms with E-state index in [4.69, 9.17) is 29.9 Å². The molecule has 17 rings (SSSR count). The summed E-state index contributed by atoms with van der Waals surface area (Å²) in [5.74, 6) is 3.56. The number of hydrogen-bond acceptors (Lipinski definition) is 6. The summed E-state index contributed by atoms with van der Waals surface area (Å²) in [6, 6.07) is 107. The molecule has 0 aliphatic carbocycles. The summed E-state index contributed by atoms with van der Waals surface area (Å²) in [5, 5.41) is 9.44. The van der Waals surface area contributed by atoms with Crippen LogP contribution < -0.4 is 0 Å². The van der Waals surface area contributed by atoms with E-state index >= 15 is 0 Å². The van der Waals surface area contributed by atoms with Crippen molar-refractivity contribution < 1.29 is 0 Å². The molecule has 17 aromatic rings. The average molecular weight is 1120 g/mol. The zero-order valence-corrected chi connectivity index (χ0v) is 47.4. The first kappa shape index (κ1) is 50.5. The SMILES string of the molecule is c1ccc(-c2ccc(-c3nc(-c4ccc(-c5ccc(-c6ccc(-c7ccc(-c8nc(-c9ccccc9)nc(-n9c%10ccccc%10c%10c%11ccccc%11ccc%109)n8)cc7)cc6)cc5)cc4)nc(-n4c5ccccc5c5c6ccccc6ccc54)n3)cc2)cc1. The second-order valence-corrected chi connectivity index (χ2v) is 22.3. The second kappa shape index (κ2) is 21.0. The first-order valence-corrected chi connectivity index (χ1v) is 29.6. The molecule has 4 heterocycles. The number of rotatable bonds is 10. The van der Waals surface area contributed by atoms with Crippen LogP contribution in [0, 0.1) is 0 Å². The normalized spacial score (nSPS) is 11.6. The van der Waals surface area contributed by atoms with Crippen LogP contribution in [0.15, 0.2) is 303 Å². The van der Waals surface area contributed by atoms with Crippen LogP contribution in [-0.2, 0) is 0 Å². The van der Waals surface area contributed by atoms with Gasteiger partial charge in [0.15, 0.2) is 23.3 Å². The Kier molecular flexibility index (Phi) is 12.0. The Morgan fingerprint density at radius 3 is 0.761 bits per heavy atom. The van der Waals surface area contributed by atoms with Crippen LogP contribution in [-0.4, -0.2) is 39.0 Å². The predicted octanol–water partition coefficient (Wildman–Crippen LogP) is 19.9. The van der Waals surface area contributed by atoms with Gasteiger partial charge in [0.2, 0.25) is 11.9 Å². The van der Waals surface area contributed by atoms with E-state index in [1.165, 1.54) is 32.3 Å². The van der Waals surface area contributed by atoms with Crippen molar-refractivity contribution in [3.8, 4) is 102 Å². The molecule has 0 fully saturated rings. The van der Waals surface area contributed by atoms with Gasteiger partial charge in [0.05, 0.1) is 22.1 Å². The van der Waals surface area contributed by atoms with E-state index in [1.54, 1.807) is 0 Å². The Morgan fingerprint density at radius 1 is 0.170 bits per heavy atom. The van der Waals surface area contributed by atoms with E-state index in [-0.39, 0.29) is 0 Å². The molecule has 8 heteroatoms. The molecule has 8 nitrogen and oxygen atoms in total. The molecule has 88 heavy (non-hydrogen) atoms. The highest BCUT2D eigenvalue weighted by molar-refractivity contribution is 6.22. The molecule has 0 amide bonds. The molecule has 13 aromatic carbocycles. The predicted molar refractivity (Wildman–Crippen MR) is 360 cm³/mol. The van der Waals surface area contributed by atoms with Gasteiger partial charge in [-0.1, -0.05) is 279 Å². The highest BCUT2D eigenvalue weighted by atomic mass is 15.2. The van der Waals surface area contributed by atoms with E-state index in [2.05, 4.69) is 276 Å². The van der Waals surface area contributed by atoms with Crippen molar-refractivity contribution in [3.05, 3.63) is 303 Å². The third kappa shape index (κ3) is 8.77. The Labute approximate surface area is 506 Å². The van der Waals surface area contributed by atoms with Crippen LogP contribution >= 0.6 is 0 Å². The quantitative estimate of drug-likeness (QED) is 0.136. The summed E-state index contributed by atoms with van der Waals surface area (Å²) in [4.78, 5) is 31.2. The molecule has 0 radical (unpaired) electrons. The molecule has 0 spiro atoms. The monoisotopic (exact) mass is 1120 g/mol. The average Bonchev–Trinajstić information content (AvgIpc) is 1.85. The lowest BCUT2D eigenvalue weighted by Crippen LogP contribution is -2.06. The minimum atomic E-state index is 0.563. The molecule has 0 bridgehead atoms. The molecule has 4 aromatic heterocycles. The van der Waals surface area contributed by atoms with Crippen molar-refractivity contribution in [1.29, 1.82) is 0 Å². The fraction of sp³-hybridized carbons (Fsp3) is 0. The molecule has 410 valence electrons. The lowest BCUT2D eigenvalue weighted by Gasteiger charge is -2.12. The Balaban J connectivity index is 0.656. The van der Waals surface area contributed by atoms with Gasteiger partial charge in [0.1, 0.15) is 0 Å². The molecule has 0 aliphatic heterocycles. The lowest BCUT2D eigenvalue weighted by molar-refractivity contribution is 0.953. The second-order valence-electron chi connectivity index (χ2n) is 22.3. The largest absolute Gasteiger partial charge is 0.278 e. The Bertz CT molecular complexity index is 5510. The van der Waals surface area contributed by atoms with Crippen LogP contribution in [0.3, 0.4) is 0 Å². The topological polar surface area (TPSA) is 87.2 Å². The van der Waals surface area contributed by atoms with Crippen molar-refractivity contribution in [3.63, 3.8) is 0 Å². The lowest BCUT2D eigenvalue weighted by atomic mass is 9.97. The van der Waals surface area contributed by atoms with E-state index in [1.807, 2.05) is 36.4 Å². The highest BCUT2D eigenvalue weighted by Crippen LogP contribution is 2.40. The van der Waals surface area contributed by atoms with Crippen molar-refractivity contribution in [2.45, 2.75) is 0 Å². The van der Waals surface area contributed by atoms with Gasteiger partial charge in [-0.25, -0.2) is 9.97 Å². The first-order valence-electron chi connectivity index (χ1n) is 29.6. The molecule has 0 aliphatic rings. The van der Waals surface area contributed by atoms with Crippen molar-refractivity contribution in [2.24, 2.45) is 0 Å². The number of fused-ring (bicyclic) bond motifs is 10. The molecule has 0 N–H and O–H groups in total. The van der Waals surface area contributed by atoms with E-state index in [0.29, 0.717) is 35.2 Å². The fourth-order valence-corrected chi connectivity index (χ4v) is 12.7. The maximum absolute atomic E-state index is 5.28. The van der Waals surface area contributed by atoms with Crippen LogP contribution in [0.5, 0.6) is 0 Å². The maximum atomic E-state index is 5.28.